The van der Waals surface area contributed by atoms with E-state index < -0.39 is 10.0 Å². The molecule has 1 unspecified atom stereocenters. The number of hydrogen-bond acceptors (Lipinski definition) is 6. The zero-order valence-electron chi connectivity index (χ0n) is 18.6. The molecule has 0 radical (unpaired) electrons. The minimum absolute atomic E-state index is 0.0597. The molecular formula is C23H30N2O6S. The number of carbonyl (C=O) groups is 1. The Morgan fingerprint density at radius 2 is 2.00 bits per heavy atom. The molecule has 9 heteroatoms. The van der Waals surface area contributed by atoms with Crippen LogP contribution in [0.5, 0.6) is 11.5 Å². The lowest BCUT2D eigenvalue weighted by molar-refractivity contribution is 0.0669. The molecule has 2 aromatic carbocycles. The van der Waals surface area contributed by atoms with Gasteiger partial charge in [-0.25, -0.2) is 13.1 Å². The molecule has 1 aliphatic heterocycles. The predicted molar refractivity (Wildman–Crippen MR) is 121 cm³/mol. The predicted octanol–water partition coefficient (Wildman–Crippen LogP) is 2.79. The van der Waals surface area contributed by atoms with Crippen LogP contribution in [0.3, 0.4) is 0 Å². The number of nitrogens with one attached hydrogen (secondary N) is 2. The summed E-state index contributed by atoms with van der Waals surface area (Å²) in [5.41, 5.74) is 1.83. The molecule has 1 amide bonds. The van der Waals surface area contributed by atoms with Gasteiger partial charge in [-0.15, -0.1) is 0 Å². The highest BCUT2D eigenvalue weighted by atomic mass is 32.2. The van der Waals surface area contributed by atoms with Gasteiger partial charge in [0.05, 0.1) is 18.1 Å². The van der Waals surface area contributed by atoms with Crippen LogP contribution >= 0.6 is 0 Å². The van der Waals surface area contributed by atoms with Crippen LogP contribution in [0.15, 0.2) is 41.3 Å². The van der Waals surface area contributed by atoms with Crippen LogP contribution in [-0.4, -0.2) is 47.3 Å². The van der Waals surface area contributed by atoms with Crippen LogP contribution in [0.25, 0.3) is 0 Å². The van der Waals surface area contributed by atoms with Gasteiger partial charge in [0.15, 0.2) is 11.5 Å². The monoisotopic (exact) mass is 462 g/mol. The first-order chi connectivity index (χ1) is 15.3. The van der Waals surface area contributed by atoms with Crippen molar-refractivity contribution in [2.45, 2.75) is 44.2 Å². The molecule has 8 nitrogen and oxygen atoms in total. The number of benzene rings is 2. The molecule has 2 aromatic rings. The van der Waals surface area contributed by atoms with E-state index in [1.807, 2.05) is 18.2 Å². The van der Waals surface area contributed by atoms with Gasteiger partial charge in [-0.05, 0) is 55.2 Å². The maximum Gasteiger partial charge on any atom is 0.251 e. The molecular weight excluding hydrogens is 432 g/mol. The van der Waals surface area contributed by atoms with Crippen molar-refractivity contribution in [1.29, 1.82) is 0 Å². The molecule has 1 aliphatic rings. The molecule has 1 atom stereocenters. The summed E-state index contributed by atoms with van der Waals surface area (Å²) in [5.74, 6) is 0.841. The lowest BCUT2D eigenvalue weighted by atomic mass is 10.1. The summed E-state index contributed by atoms with van der Waals surface area (Å²) in [6.45, 7) is 5.23. The highest BCUT2D eigenvalue weighted by molar-refractivity contribution is 7.89. The van der Waals surface area contributed by atoms with E-state index in [0.29, 0.717) is 29.2 Å². The largest absolute Gasteiger partial charge is 0.493 e. The highest BCUT2D eigenvalue weighted by Gasteiger charge is 2.19. The normalized spacial score (nSPS) is 16.0. The molecule has 1 heterocycles. The third kappa shape index (κ3) is 5.99. The van der Waals surface area contributed by atoms with Crippen molar-refractivity contribution in [2.75, 3.05) is 26.9 Å². The summed E-state index contributed by atoms with van der Waals surface area (Å²) in [6, 6.07) is 9.98. The lowest BCUT2D eigenvalue weighted by Gasteiger charge is -2.15. The summed E-state index contributed by atoms with van der Waals surface area (Å²) in [5, 5.41) is 2.84. The molecule has 3 rings (SSSR count). The van der Waals surface area contributed by atoms with Gasteiger partial charge in [-0.3, -0.25) is 4.79 Å². The van der Waals surface area contributed by atoms with Gasteiger partial charge < -0.3 is 19.5 Å². The number of carbonyl (C=O) groups excluding carboxylic acids is 1. The summed E-state index contributed by atoms with van der Waals surface area (Å²) in [7, 11) is -2.08. The van der Waals surface area contributed by atoms with Crippen LogP contribution in [-0.2, 0) is 21.3 Å². The average molecular weight is 463 g/mol. The number of methoxy groups -OCH3 is 1. The quantitative estimate of drug-likeness (QED) is 0.563. The Kier molecular flexibility index (Phi) is 8.11. The zero-order chi connectivity index (χ0) is 23.1. The lowest BCUT2D eigenvalue weighted by Crippen LogP contribution is -2.26. The fraction of sp³-hybridized carbons (Fsp3) is 0.435. The Bertz CT molecular complexity index is 1050. The van der Waals surface area contributed by atoms with Crippen LogP contribution < -0.4 is 19.5 Å². The molecule has 1 fully saturated rings. The SMILES string of the molecule is CCNS(=O)(=O)c1ccc(C)c(C(=O)NCc2ccc(OCC3CCCO3)c(OC)c2)c1. The van der Waals surface area contributed by atoms with Gasteiger partial charge in [-0.1, -0.05) is 19.1 Å². The van der Waals surface area contributed by atoms with Crippen molar-refractivity contribution in [1.82, 2.24) is 10.0 Å². The van der Waals surface area contributed by atoms with E-state index in [1.165, 1.54) is 12.1 Å². The van der Waals surface area contributed by atoms with Crippen molar-refractivity contribution in [3.63, 3.8) is 0 Å². The van der Waals surface area contributed by atoms with Crippen LogP contribution in [0.1, 0.15) is 41.3 Å². The second-order valence-corrected chi connectivity index (χ2v) is 9.36. The van der Waals surface area contributed by atoms with E-state index in [0.717, 1.165) is 25.0 Å². The highest BCUT2D eigenvalue weighted by Crippen LogP contribution is 2.29. The van der Waals surface area contributed by atoms with E-state index >= 15 is 0 Å². The van der Waals surface area contributed by atoms with Crippen LogP contribution in [0, 0.1) is 6.92 Å². The van der Waals surface area contributed by atoms with Gasteiger partial charge in [0.25, 0.3) is 5.91 Å². The smallest absolute Gasteiger partial charge is 0.251 e. The van der Waals surface area contributed by atoms with Gasteiger partial charge in [0.1, 0.15) is 6.61 Å². The van der Waals surface area contributed by atoms with E-state index in [9.17, 15) is 13.2 Å². The Morgan fingerprint density at radius 3 is 2.69 bits per heavy atom. The van der Waals surface area contributed by atoms with Crippen molar-refractivity contribution < 1.29 is 27.4 Å². The van der Waals surface area contributed by atoms with Crippen molar-refractivity contribution in [3.8, 4) is 11.5 Å². The molecule has 0 spiro atoms. The average Bonchev–Trinajstić information content (AvgIpc) is 3.30. The van der Waals surface area contributed by atoms with Gasteiger partial charge in [0.2, 0.25) is 10.0 Å². The van der Waals surface area contributed by atoms with Crippen LogP contribution in [0.4, 0.5) is 0 Å². The van der Waals surface area contributed by atoms with Crippen LogP contribution in [0.2, 0.25) is 0 Å². The molecule has 1 saturated heterocycles. The molecule has 0 bridgehead atoms. The van der Waals surface area contributed by atoms with Crippen molar-refractivity contribution in [2.24, 2.45) is 0 Å². The number of ether oxygens (including phenoxy) is 3. The van der Waals surface area contributed by atoms with Gasteiger partial charge >= 0.3 is 0 Å². The minimum Gasteiger partial charge on any atom is -0.493 e. The molecule has 32 heavy (non-hydrogen) atoms. The van der Waals surface area contributed by atoms with Gasteiger partial charge in [0, 0.05) is 25.3 Å². The summed E-state index contributed by atoms with van der Waals surface area (Å²) in [6.07, 6.45) is 2.14. The van der Waals surface area contributed by atoms with Crippen molar-refractivity contribution in [3.05, 3.63) is 53.1 Å². The number of sulfonamides is 1. The van der Waals surface area contributed by atoms with E-state index in [1.54, 1.807) is 27.0 Å². The summed E-state index contributed by atoms with van der Waals surface area (Å²) >= 11 is 0. The third-order valence-corrected chi connectivity index (χ3v) is 6.77. The zero-order valence-corrected chi connectivity index (χ0v) is 19.5. The van der Waals surface area contributed by atoms with Gasteiger partial charge in [-0.2, -0.15) is 0 Å². The fourth-order valence-corrected chi connectivity index (χ4v) is 4.53. The van der Waals surface area contributed by atoms with Crippen molar-refractivity contribution >= 4 is 15.9 Å². The van der Waals surface area contributed by atoms with E-state index in [4.69, 9.17) is 14.2 Å². The molecule has 174 valence electrons. The molecule has 0 saturated carbocycles. The molecule has 0 aromatic heterocycles. The standard InChI is InChI=1S/C23H30N2O6S/c1-4-25-32(27,28)19-9-7-16(2)20(13-19)23(26)24-14-17-8-10-21(22(12-17)29-3)31-15-18-6-5-11-30-18/h7-10,12-13,18,25H,4-6,11,14-15H2,1-3H3,(H,24,26). The molecule has 0 aliphatic carbocycles. The summed E-state index contributed by atoms with van der Waals surface area (Å²) < 4.78 is 43.8. The van der Waals surface area contributed by atoms with E-state index in [2.05, 4.69) is 10.0 Å². The fourth-order valence-electron chi connectivity index (χ4n) is 3.46. The Morgan fingerprint density at radius 1 is 1.19 bits per heavy atom. The molecule has 2 N–H and O–H groups in total. The Balaban J connectivity index is 1.66. The second-order valence-electron chi connectivity index (χ2n) is 7.59. The number of aryl methyl sites for hydroxylation is 1. The first kappa shape index (κ1) is 24.0. The Hall–Kier alpha value is -2.62. The number of amides is 1. The number of rotatable bonds is 10. The summed E-state index contributed by atoms with van der Waals surface area (Å²) in [4.78, 5) is 12.8. The maximum absolute atomic E-state index is 12.8. The third-order valence-electron chi connectivity index (χ3n) is 5.23. The maximum atomic E-state index is 12.8. The number of hydrogen-bond donors (Lipinski definition) is 2. The van der Waals surface area contributed by atoms with E-state index in [-0.39, 0.29) is 30.0 Å². The first-order valence-corrected chi connectivity index (χ1v) is 12.1. The minimum atomic E-state index is -3.65. The second kappa shape index (κ2) is 10.8. The first-order valence-electron chi connectivity index (χ1n) is 10.6. The topological polar surface area (TPSA) is 103 Å². The Labute approximate surface area is 189 Å².